The molecule has 0 atom stereocenters. The van der Waals surface area contributed by atoms with Crippen LogP contribution in [-0.4, -0.2) is 20.0 Å². The van der Waals surface area contributed by atoms with Crippen LogP contribution in [0.25, 0.3) is 6.08 Å². The lowest BCUT2D eigenvalue weighted by Crippen LogP contribution is -1.97. The van der Waals surface area contributed by atoms with E-state index in [0.717, 1.165) is 5.76 Å². The summed E-state index contributed by atoms with van der Waals surface area (Å²) in [6.07, 6.45) is 3.12. The van der Waals surface area contributed by atoms with E-state index >= 15 is 0 Å². The Morgan fingerprint density at radius 1 is 1.10 bits per heavy atom. The van der Waals surface area contributed by atoms with Gasteiger partial charge >= 0.3 is 0 Å². The summed E-state index contributed by atoms with van der Waals surface area (Å²) >= 11 is 0. The minimum atomic E-state index is -0.125. The zero-order valence-corrected chi connectivity index (χ0v) is 11.7. The lowest BCUT2D eigenvalue weighted by atomic mass is 10.1. The van der Waals surface area contributed by atoms with E-state index < -0.39 is 0 Å². The first-order valence-corrected chi connectivity index (χ1v) is 6.15. The van der Waals surface area contributed by atoms with Gasteiger partial charge < -0.3 is 13.9 Å². The zero-order valence-electron chi connectivity index (χ0n) is 11.7. The average Bonchev–Trinajstić information content (AvgIpc) is 2.89. The molecule has 1 aromatic carbocycles. The van der Waals surface area contributed by atoms with Crippen molar-refractivity contribution >= 4 is 11.9 Å². The Kier molecular flexibility index (Phi) is 4.25. The fourth-order valence-electron chi connectivity index (χ4n) is 1.79. The molecule has 0 bridgehead atoms. The van der Waals surface area contributed by atoms with Gasteiger partial charge in [0.05, 0.1) is 14.2 Å². The molecule has 0 spiro atoms. The highest BCUT2D eigenvalue weighted by atomic mass is 16.5. The number of ketones is 1. The molecule has 0 aliphatic rings. The monoisotopic (exact) mass is 272 g/mol. The third kappa shape index (κ3) is 3.09. The largest absolute Gasteiger partial charge is 0.493 e. The van der Waals surface area contributed by atoms with Crippen LogP contribution in [0.5, 0.6) is 11.5 Å². The number of carbonyl (C=O) groups is 1. The lowest BCUT2D eigenvalue weighted by Gasteiger charge is -2.07. The van der Waals surface area contributed by atoms with E-state index in [9.17, 15) is 4.79 Å². The molecule has 1 aromatic heterocycles. The molecule has 0 unspecified atom stereocenters. The summed E-state index contributed by atoms with van der Waals surface area (Å²) in [5, 5.41) is 0. The first kappa shape index (κ1) is 13.9. The van der Waals surface area contributed by atoms with Crippen molar-refractivity contribution < 1.29 is 18.7 Å². The standard InChI is InChI=1S/C16H16O4/c1-11-4-6-13(20-11)7-8-14(17)12-5-9-15(18-2)16(10-12)19-3/h4-10H,1-3H3. The van der Waals surface area contributed by atoms with E-state index in [1.54, 1.807) is 31.4 Å². The van der Waals surface area contributed by atoms with Crippen LogP contribution in [0.2, 0.25) is 0 Å². The maximum atomic E-state index is 12.1. The van der Waals surface area contributed by atoms with Crippen LogP contribution < -0.4 is 9.47 Å². The van der Waals surface area contributed by atoms with E-state index in [1.807, 2.05) is 19.1 Å². The second-order valence-electron chi connectivity index (χ2n) is 4.22. The Bertz CT molecular complexity index is 638. The number of allylic oxidation sites excluding steroid dienone is 1. The summed E-state index contributed by atoms with van der Waals surface area (Å²) in [4.78, 5) is 12.1. The van der Waals surface area contributed by atoms with Crippen molar-refractivity contribution in [2.75, 3.05) is 14.2 Å². The molecule has 4 nitrogen and oxygen atoms in total. The van der Waals surface area contributed by atoms with Gasteiger partial charge in [0.2, 0.25) is 0 Å². The van der Waals surface area contributed by atoms with Crippen molar-refractivity contribution in [2.24, 2.45) is 0 Å². The molecule has 4 heteroatoms. The molecule has 104 valence electrons. The zero-order chi connectivity index (χ0) is 14.5. The average molecular weight is 272 g/mol. The smallest absolute Gasteiger partial charge is 0.186 e. The van der Waals surface area contributed by atoms with Crippen molar-refractivity contribution in [3.63, 3.8) is 0 Å². The Morgan fingerprint density at radius 2 is 1.85 bits per heavy atom. The number of benzene rings is 1. The number of furan rings is 1. The third-order valence-electron chi connectivity index (χ3n) is 2.83. The number of ether oxygens (including phenoxy) is 2. The van der Waals surface area contributed by atoms with Crippen LogP contribution in [0.3, 0.4) is 0 Å². The van der Waals surface area contributed by atoms with Crippen molar-refractivity contribution in [2.45, 2.75) is 6.92 Å². The third-order valence-corrected chi connectivity index (χ3v) is 2.83. The number of carbonyl (C=O) groups excluding carboxylic acids is 1. The molecule has 0 saturated heterocycles. The van der Waals surface area contributed by atoms with Crippen LogP contribution >= 0.6 is 0 Å². The fraction of sp³-hybridized carbons (Fsp3) is 0.188. The maximum absolute atomic E-state index is 12.1. The molecular formula is C16H16O4. The van der Waals surface area contributed by atoms with Gasteiger partial charge in [-0.1, -0.05) is 0 Å². The number of methoxy groups -OCH3 is 2. The van der Waals surface area contributed by atoms with Gasteiger partial charge in [-0.15, -0.1) is 0 Å². The summed E-state index contributed by atoms with van der Waals surface area (Å²) in [6.45, 7) is 1.85. The lowest BCUT2D eigenvalue weighted by molar-refractivity contribution is 0.104. The molecule has 20 heavy (non-hydrogen) atoms. The molecule has 0 saturated carbocycles. The van der Waals surface area contributed by atoms with Crippen molar-refractivity contribution in [3.8, 4) is 11.5 Å². The number of aryl methyl sites for hydroxylation is 1. The van der Waals surface area contributed by atoms with Gasteiger partial charge in [0.25, 0.3) is 0 Å². The van der Waals surface area contributed by atoms with Gasteiger partial charge in [-0.2, -0.15) is 0 Å². The van der Waals surface area contributed by atoms with Gasteiger partial charge in [0.15, 0.2) is 17.3 Å². The second-order valence-corrected chi connectivity index (χ2v) is 4.22. The van der Waals surface area contributed by atoms with E-state index in [4.69, 9.17) is 13.9 Å². The van der Waals surface area contributed by atoms with Crippen LogP contribution in [0.4, 0.5) is 0 Å². The maximum Gasteiger partial charge on any atom is 0.186 e. The molecule has 0 N–H and O–H groups in total. The Balaban J connectivity index is 2.19. The predicted molar refractivity (Wildman–Crippen MR) is 76.4 cm³/mol. The highest BCUT2D eigenvalue weighted by Gasteiger charge is 2.08. The highest BCUT2D eigenvalue weighted by molar-refractivity contribution is 6.07. The minimum Gasteiger partial charge on any atom is -0.493 e. The Morgan fingerprint density at radius 3 is 2.45 bits per heavy atom. The first-order chi connectivity index (χ1) is 9.63. The topological polar surface area (TPSA) is 48.7 Å². The predicted octanol–water partition coefficient (Wildman–Crippen LogP) is 3.50. The summed E-state index contributed by atoms with van der Waals surface area (Å²) < 4.78 is 15.7. The van der Waals surface area contributed by atoms with Gasteiger partial charge in [-0.05, 0) is 49.4 Å². The summed E-state index contributed by atoms with van der Waals surface area (Å²) in [5.41, 5.74) is 0.530. The van der Waals surface area contributed by atoms with Gasteiger partial charge in [0, 0.05) is 5.56 Å². The van der Waals surface area contributed by atoms with E-state index in [2.05, 4.69) is 0 Å². The molecule has 2 rings (SSSR count). The van der Waals surface area contributed by atoms with Gasteiger partial charge in [-0.3, -0.25) is 4.79 Å². The molecule has 2 aromatic rings. The van der Waals surface area contributed by atoms with Gasteiger partial charge in [0.1, 0.15) is 11.5 Å². The van der Waals surface area contributed by atoms with E-state index in [-0.39, 0.29) is 5.78 Å². The molecule has 0 radical (unpaired) electrons. The Hall–Kier alpha value is -2.49. The number of hydrogen-bond acceptors (Lipinski definition) is 4. The first-order valence-electron chi connectivity index (χ1n) is 6.15. The van der Waals surface area contributed by atoms with Crippen LogP contribution in [0.15, 0.2) is 40.8 Å². The van der Waals surface area contributed by atoms with E-state index in [1.165, 1.54) is 13.2 Å². The molecular weight excluding hydrogens is 256 g/mol. The Labute approximate surface area is 117 Å². The van der Waals surface area contributed by atoms with Crippen LogP contribution in [-0.2, 0) is 0 Å². The SMILES string of the molecule is COc1ccc(C(=O)C=Cc2ccc(C)o2)cc1OC. The second kappa shape index (κ2) is 6.10. The molecule has 0 aliphatic heterocycles. The number of hydrogen-bond donors (Lipinski definition) is 0. The summed E-state index contributed by atoms with van der Waals surface area (Å²) in [6, 6.07) is 8.71. The van der Waals surface area contributed by atoms with Crippen molar-refractivity contribution in [3.05, 3.63) is 53.5 Å². The minimum absolute atomic E-state index is 0.125. The van der Waals surface area contributed by atoms with Crippen LogP contribution in [0, 0.1) is 6.92 Å². The summed E-state index contributed by atoms with van der Waals surface area (Å²) in [7, 11) is 3.09. The van der Waals surface area contributed by atoms with Crippen LogP contribution in [0.1, 0.15) is 21.9 Å². The normalized spacial score (nSPS) is 10.8. The molecule has 0 aliphatic carbocycles. The van der Waals surface area contributed by atoms with Crippen molar-refractivity contribution in [1.82, 2.24) is 0 Å². The summed E-state index contributed by atoms with van der Waals surface area (Å²) in [5.74, 6) is 2.45. The quantitative estimate of drug-likeness (QED) is 0.617. The number of rotatable bonds is 5. The molecule has 0 fully saturated rings. The fourth-order valence-corrected chi connectivity index (χ4v) is 1.79. The van der Waals surface area contributed by atoms with Crippen molar-refractivity contribution in [1.29, 1.82) is 0 Å². The highest BCUT2D eigenvalue weighted by Crippen LogP contribution is 2.27. The molecule has 0 amide bonds. The molecule has 1 heterocycles. The van der Waals surface area contributed by atoms with Gasteiger partial charge in [-0.25, -0.2) is 0 Å². The van der Waals surface area contributed by atoms with E-state index in [0.29, 0.717) is 22.8 Å².